The second-order valence-corrected chi connectivity index (χ2v) is 7.12. The summed E-state index contributed by atoms with van der Waals surface area (Å²) >= 11 is 2.23. The Hall–Kier alpha value is -2.46. The Labute approximate surface area is 148 Å². The molecule has 0 aliphatic carbocycles. The van der Waals surface area contributed by atoms with Crippen molar-refractivity contribution in [3.05, 3.63) is 50.8 Å². The minimum atomic E-state index is -2.50. The fourth-order valence-electron chi connectivity index (χ4n) is 2.61. The highest BCUT2D eigenvalue weighted by Gasteiger charge is 2.16. The molecule has 128 valence electrons. The third-order valence-electron chi connectivity index (χ3n) is 3.83. The van der Waals surface area contributed by atoms with Gasteiger partial charge in [-0.1, -0.05) is 4.49 Å². The molecule has 0 saturated heterocycles. The molecule has 0 fully saturated rings. The van der Waals surface area contributed by atoms with Crippen molar-refractivity contribution in [2.75, 3.05) is 0 Å². The van der Waals surface area contributed by atoms with Crippen LogP contribution in [0.5, 0.6) is 0 Å². The fourth-order valence-corrected chi connectivity index (χ4v) is 3.89. The third-order valence-corrected chi connectivity index (χ3v) is 5.52. The van der Waals surface area contributed by atoms with Crippen molar-refractivity contribution in [3.63, 3.8) is 0 Å². The molecule has 0 N–H and O–H groups in total. The topological polar surface area (TPSA) is 65.6 Å². The predicted molar refractivity (Wildman–Crippen MR) is 92.3 cm³/mol. The van der Waals surface area contributed by atoms with Crippen LogP contribution in [0.2, 0.25) is 0 Å². The van der Waals surface area contributed by atoms with E-state index in [9.17, 15) is 13.6 Å². The normalized spacial score (nSPS) is 11.7. The van der Waals surface area contributed by atoms with Crippen LogP contribution >= 0.6 is 22.9 Å². The lowest BCUT2D eigenvalue weighted by Crippen LogP contribution is -2.22. The van der Waals surface area contributed by atoms with Gasteiger partial charge in [0.1, 0.15) is 0 Å². The fraction of sp³-hybridized carbons (Fsp3) is 0.200. The first-order chi connectivity index (χ1) is 12.0. The molecule has 10 heteroatoms. The Morgan fingerprint density at radius 1 is 1.32 bits per heavy atom. The lowest BCUT2D eigenvalue weighted by atomic mass is 10.2. The van der Waals surface area contributed by atoms with Crippen molar-refractivity contribution in [2.45, 2.75) is 13.0 Å². The molecule has 0 aliphatic rings. The van der Waals surface area contributed by atoms with Crippen LogP contribution in [0.15, 0.2) is 34.6 Å². The van der Waals surface area contributed by atoms with Crippen molar-refractivity contribution in [1.29, 1.82) is 0 Å². The number of hydrogen-bond acceptors (Lipinski definition) is 6. The molecule has 0 saturated carbocycles. The molecule has 25 heavy (non-hydrogen) atoms. The van der Waals surface area contributed by atoms with Crippen LogP contribution in [0.3, 0.4) is 0 Å². The number of pyridine rings is 1. The molecule has 0 bridgehead atoms. The summed E-state index contributed by atoms with van der Waals surface area (Å²) in [6.07, 6.45) is -0.903. The highest BCUT2D eigenvalue weighted by Crippen LogP contribution is 2.34. The van der Waals surface area contributed by atoms with Gasteiger partial charge in [-0.3, -0.25) is 9.13 Å². The molecular weight excluding hydrogens is 368 g/mol. The molecule has 0 atom stereocenters. The summed E-state index contributed by atoms with van der Waals surface area (Å²) in [7, 11) is 1.65. The van der Waals surface area contributed by atoms with Gasteiger partial charge >= 0.3 is 5.69 Å². The van der Waals surface area contributed by atoms with Gasteiger partial charge in [0, 0.05) is 29.1 Å². The maximum Gasteiger partial charge on any atom is 0.330 e. The molecule has 0 unspecified atom stereocenters. The Balaban J connectivity index is 1.84. The van der Waals surface area contributed by atoms with Crippen LogP contribution < -0.4 is 5.69 Å². The molecule has 0 amide bonds. The third kappa shape index (κ3) is 2.76. The molecule has 0 radical (unpaired) electrons. The van der Waals surface area contributed by atoms with E-state index in [1.54, 1.807) is 35.3 Å². The molecule has 6 nitrogen and oxygen atoms in total. The van der Waals surface area contributed by atoms with E-state index in [0.717, 1.165) is 11.3 Å². The zero-order valence-corrected chi connectivity index (χ0v) is 14.5. The van der Waals surface area contributed by atoms with Gasteiger partial charge in [0.15, 0.2) is 5.65 Å². The molecule has 0 aromatic carbocycles. The van der Waals surface area contributed by atoms with Crippen LogP contribution in [0.4, 0.5) is 8.78 Å². The zero-order chi connectivity index (χ0) is 17.6. The number of aromatic nitrogens is 5. The Bertz CT molecular complexity index is 1100. The average Bonchev–Trinajstić information content (AvgIpc) is 3.32. The van der Waals surface area contributed by atoms with E-state index < -0.39 is 6.43 Å². The summed E-state index contributed by atoms with van der Waals surface area (Å²) in [6.45, 7) is 0.282. The van der Waals surface area contributed by atoms with E-state index in [1.807, 2.05) is 0 Å². The maximum atomic E-state index is 12.8. The second kappa shape index (κ2) is 6.12. The number of aryl methyl sites for hydroxylation is 1. The van der Waals surface area contributed by atoms with E-state index >= 15 is 0 Å². The second-order valence-electron chi connectivity index (χ2n) is 5.39. The minimum absolute atomic E-state index is 0.00842. The predicted octanol–water partition coefficient (Wildman–Crippen LogP) is 3.30. The van der Waals surface area contributed by atoms with Gasteiger partial charge < -0.3 is 0 Å². The highest BCUT2D eigenvalue weighted by molar-refractivity contribution is 7.15. The maximum absolute atomic E-state index is 12.8. The standard InChI is InChI=1S/C15H11F2N5OS2/c1-21-14-10(22(15(21)23)6-9-7-24-20-19-9)4-8(5-18-14)11-2-3-12(25-11)13(16)17/h2-5,7,13H,6H2,1H3. The molecule has 4 rings (SSSR count). The van der Waals surface area contributed by atoms with Crippen molar-refractivity contribution < 1.29 is 8.78 Å². The molecule has 0 aliphatic heterocycles. The summed E-state index contributed by atoms with van der Waals surface area (Å²) in [5.41, 5.74) is 2.32. The Kier molecular flexibility index (Phi) is 3.92. The summed E-state index contributed by atoms with van der Waals surface area (Å²) in [6, 6.07) is 4.85. The van der Waals surface area contributed by atoms with Crippen LogP contribution in [0.1, 0.15) is 17.0 Å². The molecule has 0 spiro atoms. The summed E-state index contributed by atoms with van der Waals surface area (Å²) < 4.78 is 32.5. The van der Waals surface area contributed by atoms with Gasteiger partial charge in [-0.25, -0.2) is 18.6 Å². The summed E-state index contributed by atoms with van der Waals surface area (Å²) in [5, 5.41) is 5.74. The Morgan fingerprint density at radius 2 is 2.16 bits per heavy atom. The molecule has 4 heterocycles. The van der Waals surface area contributed by atoms with Crippen molar-refractivity contribution in [1.82, 2.24) is 23.7 Å². The van der Waals surface area contributed by atoms with Crippen molar-refractivity contribution >= 4 is 34.0 Å². The highest BCUT2D eigenvalue weighted by atomic mass is 32.1. The minimum Gasteiger partial charge on any atom is -0.284 e. The lowest BCUT2D eigenvalue weighted by molar-refractivity contribution is 0.155. The number of thiophene rings is 1. The number of imidazole rings is 1. The number of rotatable bonds is 4. The molecule has 4 aromatic rings. The number of hydrogen-bond donors (Lipinski definition) is 0. The monoisotopic (exact) mass is 379 g/mol. The molecular formula is C15H11F2N5OS2. The smallest absolute Gasteiger partial charge is 0.284 e. The first kappa shape index (κ1) is 16.0. The number of alkyl halides is 2. The van der Waals surface area contributed by atoms with Crippen LogP contribution in [0.25, 0.3) is 21.6 Å². The summed E-state index contributed by atoms with van der Waals surface area (Å²) in [4.78, 5) is 17.5. The SMILES string of the molecule is Cn1c(=O)n(Cc2csnn2)c2cc(-c3ccc(C(F)F)s3)cnc21. The van der Waals surface area contributed by atoms with E-state index in [-0.39, 0.29) is 17.1 Å². The lowest BCUT2D eigenvalue weighted by Gasteiger charge is -2.02. The number of nitrogens with zero attached hydrogens (tertiary/aromatic N) is 5. The zero-order valence-electron chi connectivity index (χ0n) is 12.9. The summed E-state index contributed by atoms with van der Waals surface area (Å²) in [5.74, 6) is 0. The van der Waals surface area contributed by atoms with Crippen LogP contribution in [-0.2, 0) is 13.6 Å². The number of halogens is 2. The van der Waals surface area contributed by atoms with Gasteiger partial charge in [0.05, 0.1) is 22.6 Å². The average molecular weight is 379 g/mol. The van der Waals surface area contributed by atoms with Gasteiger partial charge in [0.25, 0.3) is 6.43 Å². The van der Waals surface area contributed by atoms with E-state index in [0.29, 0.717) is 27.3 Å². The van der Waals surface area contributed by atoms with Gasteiger partial charge in [-0.05, 0) is 29.7 Å². The first-order valence-corrected chi connectivity index (χ1v) is 8.89. The van der Waals surface area contributed by atoms with Crippen LogP contribution in [0, 0.1) is 0 Å². The van der Waals surface area contributed by atoms with E-state index in [4.69, 9.17) is 0 Å². The van der Waals surface area contributed by atoms with Crippen molar-refractivity contribution in [3.8, 4) is 10.4 Å². The quantitative estimate of drug-likeness (QED) is 0.546. The van der Waals surface area contributed by atoms with Crippen molar-refractivity contribution in [2.24, 2.45) is 7.05 Å². The molecule has 4 aromatic heterocycles. The van der Waals surface area contributed by atoms with Crippen LogP contribution in [-0.4, -0.2) is 23.7 Å². The number of fused-ring (bicyclic) bond motifs is 1. The first-order valence-electron chi connectivity index (χ1n) is 7.24. The van der Waals surface area contributed by atoms with E-state index in [2.05, 4.69) is 14.6 Å². The van der Waals surface area contributed by atoms with E-state index in [1.165, 1.54) is 22.2 Å². The Morgan fingerprint density at radius 3 is 2.84 bits per heavy atom. The van der Waals surface area contributed by atoms with Gasteiger partial charge in [-0.2, -0.15) is 0 Å². The largest absolute Gasteiger partial charge is 0.330 e. The van der Waals surface area contributed by atoms with Gasteiger partial charge in [0.2, 0.25) is 0 Å². The van der Waals surface area contributed by atoms with Gasteiger partial charge in [-0.15, -0.1) is 16.4 Å².